The molecule has 8 aromatic rings. The fourth-order valence-corrected chi connectivity index (χ4v) is 11.0. The predicted molar refractivity (Wildman–Crippen MR) is 224 cm³/mol. The highest BCUT2D eigenvalue weighted by atomic mass is 28.3. The maximum atomic E-state index is 6.50. The lowest BCUT2D eigenvalue weighted by Gasteiger charge is -2.20. The molecule has 0 N–H and O–H groups in total. The number of furan rings is 1. The van der Waals surface area contributed by atoms with Gasteiger partial charge >= 0.3 is 0 Å². The van der Waals surface area contributed by atoms with Crippen molar-refractivity contribution in [1.82, 2.24) is 0 Å². The predicted octanol–water partition coefficient (Wildman–Crippen LogP) is 11.2. The molecule has 0 fully saturated rings. The van der Waals surface area contributed by atoms with Crippen LogP contribution in [0, 0.1) is 0 Å². The van der Waals surface area contributed by atoms with Gasteiger partial charge in [0.05, 0.1) is 5.71 Å². The Kier molecular flexibility index (Phi) is 7.22. The Hall–Kier alpha value is -6.58. The van der Waals surface area contributed by atoms with Gasteiger partial charge in [-0.2, -0.15) is 0 Å². The van der Waals surface area contributed by atoms with Crippen LogP contribution in [-0.2, 0) is 0 Å². The Morgan fingerprint density at radius 1 is 0.453 bits per heavy atom. The number of hydrogen-bond acceptors (Lipinski definition) is 3. The summed E-state index contributed by atoms with van der Waals surface area (Å²) in [4.78, 5) is 10.5. The van der Waals surface area contributed by atoms with E-state index in [-0.39, 0.29) is 0 Å². The number of rotatable bonds is 5. The first-order valence-corrected chi connectivity index (χ1v) is 21.1. The van der Waals surface area contributed by atoms with E-state index in [2.05, 4.69) is 158 Å². The van der Waals surface area contributed by atoms with Crippen molar-refractivity contribution in [3.8, 4) is 33.4 Å². The lowest BCUT2D eigenvalue weighted by atomic mass is 9.99. The summed E-state index contributed by atoms with van der Waals surface area (Å²) in [5.41, 5.74) is 17.2. The van der Waals surface area contributed by atoms with Gasteiger partial charge in [0.2, 0.25) is 0 Å². The number of benzene rings is 7. The Labute approximate surface area is 309 Å². The second-order valence-electron chi connectivity index (χ2n) is 14.3. The van der Waals surface area contributed by atoms with Gasteiger partial charge in [-0.25, -0.2) is 9.98 Å². The third kappa shape index (κ3) is 5.36. The van der Waals surface area contributed by atoms with E-state index in [0.29, 0.717) is 5.84 Å². The third-order valence-electron chi connectivity index (χ3n) is 10.8. The monoisotopic (exact) mass is 694 g/mol. The second-order valence-corrected chi connectivity index (χ2v) is 18.7. The fourth-order valence-electron chi connectivity index (χ4n) is 7.90. The minimum absolute atomic E-state index is 0.672. The van der Waals surface area contributed by atoms with E-state index >= 15 is 0 Å². The molecule has 0 spiro atoms. The molecular weight excluding hydrogens is 661 g/mol. The van der Waals surface area contributed by atoms with Crippen molar-refractivity contribution in [2.75, 3.05) is 0 Å². The van der Waals surface area contributed by atoms with E-state index in [4.69, 9.17) is 14.4 Å². The van der Waals surface area contributed by atoms with Gasteiger partial charge in [-0.3, -0.25) is 0 Å². The number of aliphatic imine (C=N–C) groups is 2. The van der Waals surface area contributed by atoms with Crippen LogP contribution in [0.1, 0.15) is 16.7 Å². The van der Waals surface area contributed by atoms with Crippen LogP contribution in [0.25, 0.3) is 61.0 Å². The lowest BCUT2D eigenvalue weighted by Crippen LogP contribution is -2.49. The summed E-state index contributed by atoms with van der Waals surface area (Å²) in [6.07, 6.45) is 1.96. The molecule has 2 aliphatic heterocycles. The van der Waals surface area contributed by atoms with Gasteiger partial charge in [-0.1, -0.05) is 158 Å². The Morgan fingerprint density at radius 3 is 1.57 bits per heavy atom. The zero-order valence-electron chi connectivity index (χ0n) is 29.5. The van der Waals surface area contributed by atoms with E-state index in [0.717, 1.165) is 55.6 Å². The largest absolute Gasteiger partial charge is 0.456 e. The molecule has 53 heavy (non-hydrogen) atoms. The summed E-state index contributed by atoms with van der Waals surface area (Å²) in [5.74, 6) is 0.672. The first-order chi connectivity index (χ1) is 26.0. The smallest absolute Gasteiger partial charge is 0.161 e. The third-order valence-corrected chi connectivity index (χ3v) is 14.3. The molecule has 250 valence electrons. The topological polar surface area (TPSA) is 37.9 Å². The molecule has 4 heteroatoms. The Morgan fingerprint density at radius 2 is 0.943 bits per heavy atom. The van der Waals surface area contributed by atoms with E-state index in [1.54, 1.807) is 0 Å². The molecule has 0 unspecified atom stereocenters. The normalized spacial score (nSPS) is 14.3. The maximum absolute atomic E-state index is 6.50. The van der Waals surface area contributed by atoms with E-state index in [1.807, 2.05) is 30.3 Å². The molecule has 0 saturated carbocycles. The molecule has 1 aromatic heterocycles. The molecule has 0 radical (unpaired) electrons. The van der Waals surface area contributed by atoms with Crippen LogP contribution < -0.4 is 10.4 Å². The van der Waals surface area contributed by atoms with Crippen LogP contribution >= 0.6 is 0 Å². The van der Waals surface area contributed by atoms with Crippen LogP contribution in [0.3, 0.4) is 0 Å². The lowest BCUT2D eigenvalue weighted by molar-refractivity contribution is 0.669. The van der Waals surface area contributed by atoms with Crippen molar-refractivity contribution < 1.29 is 4.42 Å². The molecule has 0 bridgehead atoms. The molecule has 0 atom stereocenters. The van der Waals surface area contributed by atoms with Gasteiger partial charge in [0.15, 0.2) is 5.84 Å². The van der Waals surface area contributed by atoms with Crippen molar-refractivity contribution in [3.05, 3.63) is 192 Å². The molecule has 10 rings (SSSR count). The standard InChI is InChI=1S/C49H34N2OSi/c1-53(2)47-30-36(33-14-8-4-9-15-33)19-24-41(47)42-25-21-38(31-48(42)53)49-50-43(34-16-10-5-11-17-34)26-27-44(51-49)37-20-23-40-39-22-18-35(32-12-6-3-7-13-32)28-45(39)52-46(40)29-37/h3-25,27-31H,1-2H3. The summed E-state index contributed by atoms with van der Waals surface area (Å²) in [7, 11) is -2.03. The van der Waals surface area contributed by atoms with Crippen molar-refractivity contribution >= 4 is 57.6 Å². The van der Waals surface area contributed by atoms with Crippen molar-refractivity contribution in [2.45, 2.75) is 13.1 Å². The summed E-state index contributed by atoms with van der Waals surface area (Å²) in [6, 6.07) is 58.0. The Balaban J connectivity index is 1.07. The van der Waals surface area contributed by atoms with Crippen molar-refractivity contribution in [3.63, 3.8) is 0 Å². The molecule has 3 heterocycles. The molecule has 0 saturated heterocycles. The van der Waals surface area contributed by atoms with Gasteiger partial charge < -0.3 is 4.42 Å². The van der Waals surface area contributed by atoms with Crippen LogP contribution in [0.4, 0.5) is 0 Å². The molecule has 0 amide bonds. The van der Waals surface area contributed by atoms with Crippen molar-refractivity contribution in [2.24, 2.45) is 9.98 Å². The van der Waals surface area contributed by atoms with Crippen LogP contribution in [-0.4, -0.2) is 19.6 Å². The SMILES string of the molecule is C[Si]1(C)c2cc(C3=NC(c4ccccc4)=C=CC(c4ccc5c(c4)oc4cc(-c6ccccc6)ccc45)=N3)ccc2-c2ccc(-c3ccccc3)cc21. The number of hydrogen-bond donors (Lipinski definition) is 0. The van der Waals surface area contributed by atoms with Gasteiger partial charge in [-0.05, 0) is 68.0 Å². The minimum atomic E-state index is -2.03. The average molecular weight is 695 g/mol. The fraction of sp³-hybridized carbons (Fsp3) is 0.0408. The Bertz CT molecular complexity index is 2870. The first-order valence-electron chi connectivity index (χ1n) is 18.1. The zero-order chi connectivity index (χ0) is 35.5. The number of allylic oxidation sites excluding steroid dienone is 1. The number of amidine groups is 1. The van der Waals surface area contributed by atoms with E-state index in [9.17, 15) is 0 Å². The van der Waals surface area contributed by atoms with Gasteiger partial charge in [0, 0.05) is 33.5 Å². The quantitative estimate of drug-likeness (QED) is 0.131. The van der Waals surface area contributed by atoms with Crippen molar-refractivity contribution in [1.29, 1.82) is 0 Å². The number of fused-ring (bicyclic) bond motifs is 6. The van der Waals surface area contributed by atoms with Crippen LogP contribution in [0.15, 0.2) is 190 Å². The molecule has 0 aliphatic carbocycles. The van der Waals surface area contributed by atoms with Gasteiger partial charge in [0.25, 0.3) is 0 Å². The van der Waals surface area contributed by atoms with Gasteiger partial charge in [0.1, 0.15) is 24.9 Å². The summed E-state index contributed by atoms with van der Waals surface area (Å²) >= 11 is 0. The molecular formula is C49H34N2OSi. The summed E-state index contributed by atoms with van der Waals surface area (Å²) in [5, 5.41) is 5.06. The highest BCUT2D eigenvalue weighted by Crippen LogP contribution is 2.35. The maximum Gasteiger partial charge on any atom is 0.161 e. The summed E-state index contributed by atoms with van der Waals surface area (Å²) in [6.45, 7) is 4.92. The van der Waals surface area contributed by atoms with E-state index < -0.39 is 8.07 Å². The van der Waals surface area contributed by atoms with Gasteiger partial charge in [-0.15, -0.1) is 0 Å². The average Bonchev–Trinajstić information content (AvgIpc) is 3.57. The second kappa shape index (κ2) is 12.3. The highest BCUT2D eigenvalue weighted by Gasteiger charge is 2.38. The zero-order valence-corrected chi connectivity index (χ0v) is 30.5. The minimum Gasteiger partial charge on any atom is -0.456 e. The first kappa shape index (κ1) is 31.2. The molecule has 3 nitrogen and oxygen atoms in total. The summed E-state index contributed by atoms with van der Waals surface area (Å²) < 4.78 is 6.50. The highest BCUT2D eigenvalue weighted by molar-refractivity contribution is 7.03. The number of nitrogens with zero attached hydrogens (tertiary/aromatic N) is 2. The van der Waals surface area contributed by atoms with E-state index in [1.165, 1.54) is 38.2 Å². The molecule has 7 aromatic carbocycles. The van der Waals surface area contributed by atoms with Crippen LogP contribution in [0.2, 0.25) is 13.1 Å². The van der Waals surface area contributed by atoms with Crippen LogP contribution in [0.5, 0.6) is 0 Å². The molecule has 2 aliphatic rings.